The molecule has 1 saturated heterocycles. The van der Waals surface area contributed by atoms with Crippen molar-refractivity contribution in [1.29, 1.82) is 0 Å². The Bertz CT molecular complexity index is 735. The molecule has 1 aromatic carbocycles. The van der Waals surface area contributed by atoms with Crippen molar-refractivity contribution in [3.8, 4) is 5.75 Å². The maximum Gasteiger partial charge on any atom is 0.255 e. The van der Waals surface area contributed by atoms with Gasteiger partial charge >= 0.3 is 0 Å². The summed E-state index contributed by atoms with van der Waals surface area (Å²) in [4.78, 5) is 19.2. The van der Waals surface area contributed by atoms with E-state index in [2.05, 4.69) is 27.6 Å². The minimum Gasteiger partial charge on any atom is -0.495 e. The van der Waals surface area contributed by atoms with E-state index in [1.165, 1.54) is 0 Å². The molecule has 1 aliphatic rings. The molecule has 2 heterocycles. The standard InChI is InChI=1S/C19H24N4O2/c1-23-11-9-14(13-23)12-21-19(24)15-6-5-10-20-18(15)22-16-7-3-4-8-17(16)25-2/h3-8,10,14H,9,11-13H2,1-2H3,(H,20,22)(H,21,24). The molecule has 1 aliphatic heterocycles. The average Bonchev–Trinajstić information content (AvgIpc) is 3.06. The van der Waals surface area contributed by atoms with Crippen molar-refractivity contribution in [1.82, 2.24) is 15.2 Å². The molecule has 132 valence electrons. The summed E-state index contributed by atoms with van der Waals surface area (Å²) in [5.41, 5.74) is 1.30. The summed E-state index contributed by atoms with van der Waals surface area (Å²) in [5.74, 6) is 1.62. The van der Waals surface area contributed by atoms with E-state index in [0.717, 1.165) is 25.2 Å². The van der Waals surface area contributed by atoms with Gasteiger partial charge < -0.3 is 20.3 Å². The summed E-state index contributed by atoms with van der Waals surface area (Å²) in [5, 5.41) is 6.24. The highest BCUT2D eigenvalue weighted by Crippen LogP contribution is 2.27. The van der Waals surface area contributed by atoms with Gasteiger partial charge in [0.05, 0.1) is 18.4 Å². The molecule has 0 bridgehead atoms. The average molecular weight is 340 g/mol. The summed E-state index contributed by atoms with van der Waals surface area (Å²) < 4.78 is 5.35. The van der Waals surface area contributed by atoms with Crippen molar-refractivity contribution < 1.29 is 9.53 Å². The number of amides is 1. The lowest BCUT2D eigenvalue weighted by molar-refractivity contribution is 0.0948. The fraction of sp³-hybridized carbons (Fsp3) is 0.368. The van der Waals surface area contributed by atoms with Crippen molar-refractivity contribution in [2.75, 3.05) is 39.1 Å². The normalized spacial score (nSPS) is 17.3. The number of rotatable bonds is 6. The number of hydrogen-bond acceptors (Lipinski definition) is 5. The second-order valence-corrected chi connectivity index (χ2v) is 6.35. The molecule has 3 rings (SSSR count). The van der Waals surface area contributed by atoms with E-state index in [1.807, 2.05) is 24.3 Å². The number of benzene rings is 1. The minimum absolute atomic E-state index is 0.111. The van der Waals surface area contributed by atoms with E-state index in [9.17, 15) is 4.79 Å². The van der Waals surface area contributed by atoms with E-state index in [0.29, 0.717) is 29.6 Å². The Kier molecular flexibility index (Phi) is 5.50. The zero-order valence-electron chi connectivity index (χ0n) is 14.7. The number of aromatic nitrogens is 1. The van der Waals surface area contributed by atoms with Crippen molar-refractivity contribution in [2.24, 2.45) is 5.92 Å². The van der Waals surface area contributed by atoms with Crippen LogP contribution in [0.2, 0.25) is 0 Å². The Morgan fingerprint density at radius 2 is 2.16 bits per heavy atom. The number of nitrogens with zero attached hydrogens (tertiary/aromatic N) is 2. The highest BCUT2D eigenvalue weighted by molar-refractivity contribution is 5.99. The van der Waals surface area contributed by atoms with E-state index in [1.54, 1.807) is 25.4 Å². The van der Waals surface area contributed by atoms with E-state index in [-0.39, 0.29) is 5.91 Å². The summed E-state index contributed by atoms with van der Waals surface area (Å²) in [7, 11) is 3.73. The Balaban J connectivity index is 1.70. The Hall–Kier alpha value is -2.60. The molecule has 1 fully saturated rings. The van der Waals surface area contributed by atoms with Crippen molar-refractivity contribution in [3.05, 3.63) is 48.2 Å². The topological polar surface area (TPSA) is 66.5 Å². The van der Waals surface area contributed by atoms with Gasteiger partial charge in [0, 0.05) is 19.3 Å². The van der Waals surface area contributed by atoms with E-state index >= 15 is 0 Å². The van der Waals surface area contributed by atoms with Crippen LogP contribution in [0.4, 0.5) is 11.5 Å². The lowest BCUT2D eigenvalue weighted by Crippen LogP contribution is -2.31. The van der Waals surface area contributed by atoms with Gasteiger partial charge in [-0.2, -0.15) is 0 Å². The largest absolute Gasteiger partial charge is 0.495 e. The highest BCUT2D eigenvalue weighted by Gasteiger charge is 2.21. The number of methoxy groups -OCH3 is 1. The summed E-state index contributed by atoms with van der Waals surface area (Å²) in [6.07, 6.45) is 2.79. The fourth-order valence-corrected chi connectivity index (χ4v) is 3.09. The number of carbonyl (C=O) groups is 1. The number of carbonyl (C=O) groups excluding carboxylic acids is 1. The van der Waals surface area contributed by atoms with Gasteiger partial charge in [0.15, 0.2) is 0 Å². The maximum absolute atomic E-state index is 12.6. The molecular weight excluding hydrogens is 316 g/mol. The van der Waals surface area contributed by atoms with Crippen LogP contribution in [0, 0.1) is 5.92 Å². The first-order valence-electron chi connectivity index (χ1n) is 8.49. The third-order valence-corrected chi connectivity index (χ3v) is 4.45. The highest BCUT2D eigenvalue weighted by atomic mass is 16.5. The number of pyridine rings is 1. The second-order valence-electron chi connectivity index (χ2n) is 6.35. The van der Waals surface area contributed by atoms with Gasteiger partial charge in [-0.05, 0) is 50.2 Å². The number of hydrogen-bond donors (Lipinski definition) is 2. The van der Waals surface area contributed by atoms with Crippen LogP contribution >= 0.6 is 0 Å². The Labute approximate surface area is 148 Å². The Morgan fingerprint density at radius 1 is 1.32 bits per heavy atom. The molecular formula is C19H24N4O2. The number of ether oxygens (including phenoxy) is 1. The van der Waals surface area contributed by atoms with Crippen LogP contribution in [-0.4, -0.2) is 49.6 Å². The molecule has 1 atom stereocenters. The van der Waals surface area contributed by atoms with Crippen LogP contribution in [0.5, 0.6) is 5.75 Å². The smallest absolute Gasteiger partial charge is 0.255 e. The van der Waals surface area contributed by atoms with Crippen molar-refractivity contribution >= 4 is 17.4 Å². The molecule has 25 heavy (non-hydrogen) atoms. The van der Waals surface area contributed by atoms with Gasteiger partial charge in [0.25, 0.3) is 5.91 Å². The zero-order chi connectivity index (χ0) is 17.6. The molecule has 1 unspecified atom stereocenters. The SMILES string of the molecule is COc1ccccc1Nc1ncccc1C(=O)NCC1CCN(C)C1. The lowest BCUT2D eigenvalue weighted by atomic mass is 10.1. The van der Waals surface area contributed by atoms with E-state index in [4.69, 9.17) is 4.74 Å². The monoisotopic (exact) mass is 340 g/mol. The number of likely N-dealkylation sites (tertiary alicyclic amines) is 1. The molecule has 1 amide bonds. The van der Waals surface area contributed by atoms with E-state index < -0.39 is 0 Å². The van der Waals surface area contributed by atoms with Crippen LogP contribution in [0.3, 0.4) is 0 Å². The first-order valence-corrected chi connectivity index (χ1v) is 8.49. The zero-order valence-corrected chi connectivity index (χ0v) is 14.7. The predicted molar refractivity (Wildman–Crippen MR) is 98.5 cm³/mol. The summed E-state index contributed by atoms with van der Waals surface area (Å²) in [6.45, 7) is 2.81. The molecule has 6 heteroatoms. The molecule has 0 saturated carbocycles. The van der Waals surface area contributed by atoms with Crippen LogP contribution < -0.4 is 15.4 Å². The molecule has 1 aromatic heterocycles. The number of anilines is 2. The van der Waals surface area contributed by atoms with Crippen LogP contribution in [0.15, 0.2) is 42.6 Å². The molecule has 0 spiro atoms. The minimum atomic E-state index is -0.111. The first kappa shape index (κ1) is 17.2. The fourth-order valence-electron chi connectivity index (χ4n) is 3.09. The molecule has 6 nitrogen and oxygen atoms in total. The maximum atomic E-state index is 12.6. The van der Waals surface area contributed by atoms with Crippen LogP contribution in [0.1, 0.15) is 16.8 Å². The lowest BCUT2D eigenvalue weighted by Gasteiger charge is -2.15. The van der Waals surface area contributed by atoms with Gasteiger partial charge in [-0.3, -0.25) is 4.79 Å². The summed E-state index contributed by atoms with van der Waals surface area (Å²) in [6, 6.07) is 11.1. The predicted octanol–water partition coefficient (Wildman–Crippen LogP) is 2.52. The van der Waals surface area contributed by atoms with Crippen molar-refractivity contribution in [2.45, 2.75) is 6.42 Å². The third-order valence-electron chi connectivity index (χ3n) is 4.45. The molecule has 0 aliphatic carbocycles. The third kappa shape index (κ3) is 4.28. The van der Waals surface area contributed by atoms with Gasteiger partial charge in [0.1, 0.15) is 11.6 Å². The van der Waals surface area contributed by atoms with Crippen molar-refractivity contribution in [3.63, 3.8) is 0 Å². The van der Waals surface area contributed by atoms with Crippen LogP contribution in [-0.2, 0) is 0 Å². The van der Waals surface area contributed by atoms with Gasteiger partial charge in [-0.25, -0.2) is 4.98 Å². The van der Waals surface area contributed by atoms with Gasteiger partial charge in [-0.1, -0.05) is 12.1 Å². The van der Waals surface area contributed by atoms with Gasteiger partial charge in [-0.15, -0.1) is 0 Å². The molecule has 2 N–H and O–H groups in total. The first-order chi connectivity index (χ1) is 12.2. The van der Waals surface area contributed by atoms with Crippen LogP contribution in [0.25, 0.3) is 0 Å². The van der Waals surface area contributed by atoms with Gasteiger partial charge in [0.2, 0.25) is 0 Å². The second kappa shape index (κ2) is 7.98. The number of nitrogens with one attached hydrogen (secondary N) is 2. The Morgan fingerprint density at radius 3 is 2.92 bits per heavy atom. The summed E-state index contributed by atoms with van der Waals surface area (Å²) >= 11 is 0. The quantitative estimate of drug-likeness (QED) is 0.846. The molecule has 0 radical (unpaired) electrons. The number of para-hydroxylation sites is 2. The molecule has 2 aromatic rings.